The Morgan fingerprint density at radius 3 is 2.59 bits per heavy atom. The van der Waals surface area contributed by atoms with E-state index in [0.29, 0.717) is 18.5 Å². The summed E-state index contributed by atoms with van der Waals surface area (Å²) in [6.07, 6.45) is 3.52. The molecular formula is C21H26N2O3S. The molecule has 1 aliphatic heterocycles. The Balaban J connectivity index is 1.82. The van der Waals surface area contributed by atoms with Crippen molar-refractivity contribution in [3.05, 3.63) is 59.7 Å². The van der Waals surface area contributed by atoms with Crippen LogP contribution in [0.4, 0.5) is 5.69 Å². The lowest BCUT2D eigenvalue weighted by molar-refractivity contribution is 0.0981. The lowest BCUT2D eigenvalue weighted by atomic mass is 10.1. The first-order chi connectivity index (χ1) is 12.9. The molecule has 0 saturated heterocycles. The van der Waals surface area contributed by atoms with Crippen LogP contribution in [0.25, 0.3) is 0 Å². The van der Waals surface area contributed by atoms with Gasteiger partial charge in [-0.15, -0.1) is 0 Å². The van der Waals surface area contributed by atoms with E-state index in [1.54, 1.807) is 35.2 Å². The minimum atomic E-state index is -3.52. The average molecular weight is 387 g/mol. The summed E-state index contributed by atoms with van der Waals surface area (Å²) in [4.78, 5) is 14.9. The van der Waals surface area contributed by atoms with Crippen molar-refractivity contribution >= 4 is 21.6 Å². The molecule has 0 fully saturated rings. The van der Waals surface area contributed by atoms with Crippen molar-refractivity contribution in [2.45, 2.75) is 50.5 Å². The third kappa shape index (κ3) is 4.22. The van der Waals surface area contributed by atoms with Crippen molar-refractivity contribution in [1.29, 1.82) is 0 Å². The summed E-state index contributed by atoms with van der Waals surface area (Å²) in [5.74, 6) is -0.0600. The monoisotopic (exact) mass is 386 g/mol. The second-order valence-electron chi connectivity index (χ2n) is 6.99. The van der Waals surface area contributed by atoms with Crippen LogP contribution in [0.2, 0.25) is 0 Å². The number of rotatable bonds is 7. The predicted octanol–water partition coefficient (Wildman–Crippen LogP) is 3.75. The van der Waals surface area contributed by atoms with Gasteiger partial charge in [-0.2, -0.15) is 0 Å². The number of carbonyl (C=O) groups excluding carboxylic acids is 1. The van der Waals surface area contributed by atoms with Crippen molar-refractivity contribution in [3.8, 4) is 0 Å². The van der Waals surface area contributed by atoms with Gasteiger partial charge in [0.1, 0.15) is 0 Å². The second kappa shape index (κ2) is 8.23. The van der Waals surface area contributed by atoms with E-state index in [4.69, 9.17) is 0 Å². The molecule has 2 aromatic rings. The summed E-state index contributed by atoms with van der Waals surface area (Å²) in [5.41, 5.74) is 2.32. The first kappa shape index (κ1) is 19.6. The summed E-state index contributed by atoms with van der Waals surface area (Å²) in [5, 5.41) is 0. The Labute approximate surface area is 161 Å². The summed E-state index contributed by atoms with van der Waals surface area (Å²) in [7, 11) is -3.52. The molecule has 6 heteroatoms. The van der Waals surface area contributed by atoms with Crippen LogP contribution < -0.4 is 9.62 Å². The van der Waals surface area contributed by atoms with E-state index in [2.05, 4.69) is 11.6 Å². The van der Waals surface area contributed by atoms with Gasteiger partial charge in [0, 0.05) is 23.8 Å². The lowest BCUT2D eigenvalue weighted by Gasteiger charge is -2.23. The highest BCUT2D eigenvalue weighted by Crippen LogP contribution is 2.35. The molecule has 0 radical (unpaired) electrons. The van der Waals surface area contributed by atoms with Gasteiger partial charge in [0.15, 0.2) is 0 Å². The number of nitrogens with one attached hydrogen (secondary N) is 1. The molecule has 5 nitrogen and oxygen atoms in total. The third-order valence-corrected chi connectivity index (χ3v) is 6.35. The fourth-order valence-electron chi connectivity index (χ4n) is 3.47. The molecule has 0 saturated carbocycles. The van der Waals surface area contributed by atoms with E-state index in [-0.39, 0.29) is 16.8 Å². The fourth-order valence-corrected chi connectivity index (χ4v) is 4.59. The van der Waals surface area contributed by atoms with Gasteiger partial charge in [-0.1, -0.05) is 38.0 Å². The van der Waals surface area contributed by atoms with Crippen LogP contribution in [-0.2, 0) is 16.4 Å². The van der Waals surface area contributed by atoms with Crippen LogP contribution in [0.1, 0.15) is 49.0 Å². The molecule has 1 aliphatic rings. The lowest BCUT2D eigenvalue weighted by Crippen LogP contribution is -2.35. The van der Waals surface area contributed by atoms with Crippen molar-refractivity contribution in [1.82, 2.24) is 4.72 Å². The summed E-state index contributed by atoms with van der Waals surface area (Å²) in [6, 6.07) is 14.2. The fraction of sp³-hybridized carbons (Fsp3) is 0.381. The molecule has 1 N–H and O–H groups in total. The molecule has 1 amide bonds. The molecule has 0 aliphatic carbocycles. The summed E-state index contributed by atoms with van der Waals surface area (Å²) < 4.78 is 27.7. The number of benzene rings is 2. The van der Waals surface area contributed by atoms with E-state index < -0.39 is 10.0 Å². The third-order valence-electron chi connectivity index (χ3n) is 4.89. The van der Waals surface area contributed by atoms with Gasteiger partial charge in [0.2, 0.25) is 10.0 Å². The van der Waals surface area contributed by atoms with E-state index >= 15 is 0 Å². The molecule has 0 unspecified atom stereocenters. The maximum atomic E-state index is 12.9. The van der Waals surface area contributed by atoms with Gasteiger partial charge in [0.25, 0.3) is 5.91 Å². The van der Waals surface area contributed by atoms with Gasteiger partial charge in [-0.3, -0.25) is 4.79 Å². The molecular weight excluding hydrogens is 360 g/mol. The number of amides is 1. The maximum Gasteiger partial charge on any atom is 0.258 e. The molecule has 27 heavy (non-hydrogen) atoms. The van der Waals surface area contributed by atoms with Gasteiger partial charge in [-0.05, 0) is 55.7 Å². The quantitative estimate of drug-likeness (QED) is 0.737. The highest BCUT2D eigenvalue weighted by molar-refractivity contribution is 7.89. The van der Waals surface area contributed by atoms with E-state index in [0.717, 1.165) is 30.5 Å². The number of hydrogen-bond acceptors (Lipinski definition) is 3. The molecule has 0 spiro atoms. The van der Waals surface area contributed by atoms with E-state index in [1.807, 2.05) is 25.1 Å². The average Bonchev–Trinajstić information content (AvgIpc) is 3.00. The van der Waals surface area contributed by atoms with Crippen molar-refractivity contribution in [2.24, 2.45) is 0 Å². The number of hydrogen-bond donors (Lipinski definition) is 1. The van der Waals surface area contributed by atoms with Crippen LogP contribution in [0, 0.1) is 0 Å². The normalized spacial score (nSPS) is 16.4. The van der Waals surface area contributed by atoms with Gasteiger partial charge in [-0.25, -0.2) is 13.1 Å². The zero-order valence-corrected chi connectivity index (χ0v) is 16.6. The number of sulfonamides is 1. The maximum absolute atomic E-state index is 12.9. The van der Waals surface area contributed by atoms with Crippen molar-refractivity contribution < 1.29 is 13.2 Å². The Morgan fingerprint density at radius 1 is 1.15 bits per heavy atom. The minimum Gasteiger partial charge on any atom is -0.305 e. The number of fused-ring (bicyclic) bond motifs is 1. The first-order valence-corrected chi connectivity index (χ1v) is 10.9. The Bertz CT molecular complexity index is 910. The number of carbonyl (C=O) groups is 1. The Kier molecular flexibility index (Phi) is 5.97. The Hall–Kier alpha value is -2.18. The zero-order chi connectivity index (χ0) is 19.4. The predicted molar refractivity (Wildman–Crippen MR) is 108 cm³/mol. The summed E-state index contributed by atoms with van der Waals surface area (Å²) >= 11 is 0. The topological polar surface area (TPSA) is 66.5 Å². The number of unbranched alkanes of at least 4 members (excludes halogenated alkanes) is 2. The van der Waals surface area contributed by atoms with Gasteiger partial charge in [0.05, 0.1) is 4.90 Å². The molecule has 2 aromatic carbocycles. The summed E-state index contributed by atoms with van der Waals surface area (Å²) in [6.45, 7) is 4.51. The minimum absolute atomic E-state index is 0.0110. The highest BCUT2D eigenvalue weighted by atomic mass is 32.2. The van der Waals surface area contributed by atoms with Crippen molar-refractivity contribution in [3.63, 3.8) is 0 Å². The van der Waals surface area contributed by atoms with E-state index in [9.17, 15) is 13.2 Å². The van der Waals surface area contributed by atoms with Crippen LogP contribution in [-0.4, -0.2) is 26.9 Å². The smallest absolute Gasteiger partial charge is 0.258 e. The second-order valence-corrected chi connectivity index (χ2v) is 8.76. The molecule has 1 atom stereocenters. The SMILES string of the molecule is CCCCCNS(=O)(=O)c1ccc2c(c1)C[C@H](C)N2C(=O)c1ccccc1. The molecule has 0 aromatic heterocycles. The van der Waals surface area contributed by atoms with Crippen LogP contribution in [0.5, 0.6) is 0 Å². The zero-order valence-electron chi connectivity index (χ0n) is 15.8. The van der Waals surface area contributed by atoms with Gasteiger partial charge >= 0.3 is 0 Å². The number of anilines is 1. The molecule has 144 valence electrons. The largest absolute Gasteiger partial charge is 0.305 e. The van der Waals surface area contributed by atoms with Crippen LogP contribution >= 0.6 is 0 Å². The molecule has 3 rings (SSSR count). The van der Waals surface area contributed by atoms with Crippen molar-refractivity contribution in [2.75, 3.05) is 11.4 Å². The number of nitrogens with zero attached hydrogens (tertiary/aromatic N) is 1. The Morgan fingerprint density at radius 2 is 1.89 bits per heavy atom. The highest BCUT2D eigenvalue weighted by Gasteiger charge is 2.32. The van der Waals surface area contributed by atoms with Crippen LogP contribution in [0.15, 0.2) is 53.4 Å². The van der Waals surface area contributed by atoms with Gasteiger partial charge < -0.3 is 4.90 Å². The van der Waals surface area contributed by atoms with E-state index in [1.165, 1.54) is 0 Å². The molecule has 0 bridgehead atoms. The van der Waals surface area contributed by atoms with Crippen LogP contribution in [0.3, 0.4) is 0 Å². The standard InChI is InChI=1S/C21H26N2O3S/c1-3-4-8-13-22-27(25,26)19-11-12-20-18(15-19)14-16(2)23(20)21(24)17-9-6-5-7-10-17/h5-7,9-12,15-16,22H,3-4,8,13-14H2,1-2H3/t16-/m0/s1. The molecule has 1 heterocycles. The first-order valence-electron chi connectivity index (χ1n) is 9.45.